The largest absolute Gasteiger partial charge is 0.274 e. The summed E-state index contributed by atoms with van der Waals surface area (Å²) in [6, 6.07) is 24.6. The summed E-state index contributed by atoms with van der Waals surface area (Å²) in [5, 5.41) is 17.2. The molecule has 0 saturated carbocycles. The maximum absolute atomic E-state index is 13.1. The second-order valence-electron chi connectivity index (χ2n) is 6.50. The van der Waals surface area contributed by atoms with Crippen molar-refractivity contribution in [3.8, 4) is 0 Å². The van der Waals surface area contributed by atoms with Crippen molar-refractivity contribution >= 4 is 17.3 Å². The van der Waals surface area contributed by atoms with E-state index < -0.39 is 11.0 Å². The van der Waals surface area contributed by atoms with Crippen LogP contribution in [0.25, 0.3) is 0 Å². The van der Waals surface area contributed by atoms with E-state index in [1.54, 1.807) is 36.4 Å². The molecule has 0 bridgehead atoms. The first kappa shape index (κ1) is 17.6. The summed E-state index contributed by atoms with van der Waals surface area (Å²) in [4.78, 5) is 23.9. The monoisotopic (exact) mass is 371 g/mol. The third-order valence-corrected chi connectivity index (χ3v) is 4.71. The summed E-state index contributed by atoms with van der Waals surface area (Å²) in [5.41, 5.74) is 2.92. The van der Waals surface area contributed by atoms with Gasteiger partial charge >= 0.3 is 0 Å². The van der Waals surface area contributed by atoms with Gasteiger partial charge in [-0.3, -0.25) is 14.9 Å². The van der Waals surface area contributed by atoms with Gasteiger partial charge in [0.15, 0.2) is 0 Å². The molecule has 1 aliphatic heterocycles. The van der Waals surface area contributed by atoms with Crippen LogP contribution in [0.5, 0.6) is 0 Å². The van der Waals surface area contributed by atoms with Crippen molar-refractivity contribution in [2.45, 2.75) is 12.5 Å². The number of nitro benzene ring substituents is 1. The maximum atomic E-state index is 13.1. The van der Waals surface area contributed by atoms with Gasteiger partial charge < -0.3 is 0 Å². The van der Waals surface area contributed by atoms with Gasteiger partial charge in [0.2, 0.25) is 0 Å². The maximum Gasteiger partial charge on any atom is 0.274 e. The van der Waals surface area contributed by atoms with Gasteiger partial charge in [-0.2, -0.15) is 5.10 Å². The van der Waals surface area contributed by atoms with Crippen LogP contribution in [-0.2, 0) is 0 Å². The molecule has 1 atom stereocenters. The van der Waals surface area contributed by atoms with Crippen molar-refractivity contribution in [1.82, 2.24) is 5.01 Å². The number of nitrogens with zero attached hydrogens (tertiary/aromatic N) is 3. The van der Waals surface area contributed by atoms with Crippen molar-refractivity contribution in [2.75, 3.05) is 0 Å². The third-order valence-electron chi connectivity index (χ3n) is 4.71. The number of carbonyl (C=O) groups is 1. The lowest BCUT2D eigenvalue weighted by Gasteiger charge is -2.22. The first-order chi connectivity index (χ1) is 13.6. The van der Waals surface area contributed by atoms with Crippen LogP contribution in [0, 0.1) is 10.1 Å². The third kappa shape index (κ3) is 3.40. The Morgan fingerprint density at radius 3 is 2.32 bits per heavy atom. The first-order valence-corrected chi connectivity index (χ1v) is 8.89. The molecular formula is C22H17N3O3. The van der Waals surface area contributed by atoms with Crippen LogP contribution in [0.1, 0.15) is 33.9 Å². The molecule has 3 aromatic carbocycles. The molecule has 4 rings (SSSR count). The average Bonchev–Trinajstić information content (AvgIpc) is 3.20. The topological polar surface area (TPSA) is 75.8 Å². The Balaban J connectivity index is 1.75. The van der Waals surface area contributed by atoms with E-state index in [0.29, 0.717) is 17.5 Å². The van der Waals surface area contributed by atoms with E-state index in [1.165, 1.54) is 17.1 Å². The van der Waals surface area contributed by atoms with Crippen LogP contribution in [0.3, 0.4) is 0 Å². The smallest absolute Gasteiger partial charge is 0.267 e. The zero-order valence-electron chi connectivity index (χ0n) is 14.9. The SMILES string of the molecule is O=C(c1ccccc1)N1N=C(c2ccccc2)CC1c1cccc([N+](=O)[O-])c1. The molecular weight excluding hydrogens is 354 g/mol. The van der Waals surface area contributed by atoms with Crippen LogP contribution < -0.4 is 0 Å². The second kappa shape index (κ2) is 7.44. The fourth-order valence-corrected chi connectivity index (χ4v) is 3.32. The highest BCUT2D eigenvalue weighted by Gasteiger charge is 2.34. The van der Waals surface area contributed by atoms with E-state index >= 15 is 0 Å². The summed E-state index contributed by atoms with van der Waals surface area (Å²) in [6.07, 6.45) is 0.490. The molecule has 28 heavy (non-hydrogen) atoms. The number of hydrogen-bond acceptors (Lipinski definition) is 4. The molecule has 1 aliphatic rings. The van der Waals surface area contributed by atoms with Gasteiger partial charge in [-0.1, -0.05) is 60.7 Å². The number of amides is 1. The van der Waals surface area contributed by atoms with E-state index in [4.69, 9.17) is 0 Å². The number of benzene rings is 3. The molecule has 1 amide bonds. The van der Waals surface area contributed by atoms with Crippen molar-refractivity contribution in [3.63, 3.8) is 0 Å². The number of nitro groups is 1. The van der Waals surface area contributed by atoms with Crippen LogP contribution in [0.2, 0.25) is 0 Å². The number of rotatable bonds is 4. The molecule has 0 N–H and O–H groups in total. The minimum Gasteiger partial charge on any atom is -0.267 e. The zero-order valence-corrected chi connectivity index (χ0v) is 14.9. The van der Waals surface area contributed by atoms with Gasteiger partial charge in [0.1, 0.15) is 0 Å². The fraction of sp³-hybridized carbons (Fsp3) is 0.0909. The molecule has 0 aromatic heterocycles. The van der Waals surface area contributed by atoms with Crippen LogP contribution in [0.15, 0.2) is 90.0 Å². The van der Waals surface area contributed by atoms with Crippen LogP contribution >= 0.6 is 0 Å². The Hall–Kier alpha value is -3.80. The summed E-state index contributed by atoms with van der Waals surface area (Å²) in [6.45, 7) is 0. The van der Waals surface area contributed by atoms with Crippen molar-refractivity contribution in [2.24, 2.45) is 5.10 Å². The highest BCUT2D eigenvalue weighted by atomic mass is 16.6. The van der Waals surface area contributed by atoms with Gasteiger partial charge in [-0.05, 0) is 23.3 Å². The molecule has 6 heteroatoms. The van der Waals surface area contributed by atoms with E-state index in [-0.39, 0.29) is 11.6 Å². The van der Waals surface area contributed by atoms with E-state index in [2.05, 4.69) is 5.10 Å². The van der Waals surface area contributed by atoms with Crippen molar-refractivity contribution in [3.05, 3.63) is 112 Å². The van der Waals surface area contributed by atoms with Gasteiger partial charge in [-0.15, -0.1) is 0 Å². The fourth-order valence-electron chi connectivity index (χ4n) is 3.32. The quantitative estimate of drug-likeness (QED) is 0.497. The standard InChI is InChI=1S/C22H17N3O3/c26-22(17-10-5-2-6-11-17)24-21(18-12-7-13-19(14-18)25(27)28)15-20(23-24)16-8-3-1-4-9-16/h1-14,21H,15H2. The van der Waals surface area contributed by atoms with Crippen molar-refractivity contribution < 1.29 is 9.72 Å². The molecule has 6 nitrogen and oxygen atoms in total. The molecule has 0 spiro atoms. The van der Waals surface area contributed by atoms with Crippen LogP contribution in [0.4, 0.5) is 5.69 Å². The zero-order chi connectivity index (χ0) is 19.5. The summed E-state index contributed by atoms with van der Waals surface area (Å²) in [7, 11) is 0. The minimum absolute atomic E-state index is 0.00206. The molecule has 1 unspecified atom stereocenters. The molecule has 0 fully saturated rings. The summed E-state index contributed by atoms with van der Waals surface area (Å²) < 4.78 is 0. The van der Waals surface area contributed by atoms with Crippen LogP contribution in [-0.4, -0.2) is 21.6 Å². The Morgan fingerprint density at radius 1 is 0.964 bits per heavy atom. The van der Waals surface area contributed by atoms with Gasteiger partial charge in [0.05, 0.1) is 16.7 Å². The number of non-ortho nitro benzene ring substituents is 1. The van der Waals surface area contributed by atoms with Crippen molar-refractivity contribution in [1.29, 1.82) is 0 Å². The lowest BCUT2D eigenvalue weighted by Crippen LogP contribution is -2.27. The molecule has 138 valence electrons. The van der Waals surface area contributed by atoms with Gasteiger partial charge in [-0.25, -0.2) is 5.01 Å². The number of hydrazone groups is 1. The minimum atomic E-state index is -0.430. The molecule has 0 radical (unpaired) electrons. The predicted molar refractivity (Wildman–Crippen MR) is 106 cm³/mol. The molecule has 1 heterocycles. The Labute approximate surface area is 161 Å². The Kier molecular flexibility index (Phi) is 4.68. The average molecular weight is 371 g/mol. The van der Waals surface area contributed by atoms with E-state index in [1.807, 2.05) is 36.4 Å². The van der Waals surface area contributed by atoms with E-state index in [0.717, 1.165) is 11.3 Å². The number of carbonyl (C=O) groups excluding carboxylic acids is 1. The number of hydrogen-bond donors (Lipinski definition) is 0. The first-order valence-electron chi connectivity index (χ1n) is 8.89. The Morgan fingerprint density at radius 2 is 1.64 bits per heavy atom. The molecule has 3 aromatic rings. The highest BCUT2D eigenvalue weighted by Crippen LogP contribution is 2.35. The second-order valence-corrected chi connectivity index (χ2v) is 6.50. The van der Waals surface area contributed by atoms with E-state index in [9.17, 15) is 14.9 Å². The summed E-state index contributed by atoms with van der Waals surface area (Å²) >= 11 is 0. The normalized spacial score (nSPS) is 15.9. The predicted octanol–water partition coefficient (Wildman–Crippen LogP) is 4.59. The van der Waals surface area contributed by atoms with Gasteiger partial charge in [0.25, 0.3) is 11.6 Å². The summed E-state index contributed by atoms with van der Waals surface area (Å²) in [5.74, 6) is -0.233. The Bertz CT molecular complexity index is 1050. The van der Waals surface area contributed by atoms with Gasteiger partial charge in [0, 0.05) is 24.1 Å². The molecule has 0 aliphatic carbocycles. The highest BCUT2D eigenvalue weighted by molar-refractivity contribution is 6.05. The lowest BCUT2D eigenvalue weighted by molar-refractivity contribution is -0.384. The lowest BCUT2D eigenvalue weighted by atomic mass is 9.98. The molecule has 0 saturated heterocycles.